The van der Waals surface area contributed by atoms with E-state index in [9.17, 15) is 0 Å². The molecule has 1 atom stereocenters. The van der Waals surface area contributed by atoms with Crippen molar-refractivity contribution in [2.45, 2.75) is 6.04 Å². The van der Waals surface area contributed by atoms with Crippen molar-refractivity contribution in [3.8, 4) is 0 Å². The summed E-state index contributed by atoms with van der Waals surface area (Å²) in [5.41, 5.74) is 7.79. The molecule has 88 valence electrons. The topological polar surface area (TPSA) is 50.9 Å². The van der Waals surface area contributed by atoms with Gasteiger partial charge in [0, 0.05) is 29.6 Å². The highest BCUT2D eigenvalue weighted by Crippen LogP contribution is 2.20. The second-order valence-corrected chi connectivity index (χ2v) is 4.17. The van der Waals surface area contributed by atoms with Gasteiger partial charge in [-0.05, 0) is 29.8 Å². The first-order valence-corrected chi connectivity index (χ1v) is 5.79. The van der Waals surface area contributed by atoms with Crippen molar-refractivity contribution in [3.05, 3.63) is 59.4 Å². The van der Waals surface area contributed by atoms with Crippen molar-refractivity contribution in [1.82, 2.24) is 4.98 Å². The number of nitrogens with zero attached hydrogens (tertiary/aromatic N) is 1. The molecule has 1 aromatic carbocycles. The molecule has 17 heavy (non-hydrogen) atoms. The van der Waals surface area contributed by atoms with Crippen LogP contribution >= 0.6 is 11.6 Å². The van der Waals surface area contributed by atoms with Crippen LogP contribution in [0.2, 0.25) is 5.02 Å². The maximum Gasteiger partial charge on any atom is 0.0651 e. The van der Waals surface area contributed by atoms with Crippen LogP contribution < -0.4 is 11.1 Å². The maximum absolute atomic E-state index is 5.93. The highest BCUT2D eigenvalue weighted by molar-refractivity contribution is 6.30. The molecule has 0 fully saturated rings. The minimum absolute atomic E-state index is 0.0437. The van der Waals surface area contributed by atoms with Gasteiger partial charge < -0.3 is 11.1 Å². The number of halogens is 1. The molecule has 2 rings (SSSR count). The van der Waals surface area contributed by atoms with Gasteiger partial charge in [0.1, 0.15) is 0 Å². The van der Waals surface area contributed by atoms with E-state index in [0.29, 0.717) is 11.6 Å². The van der Waals surface area contributed by atoms with Crippen molar-refractivity contribution in [2.75, 3.05) is 11.9 Å². The molecule has 0 radical (unpaired) electrons. The van der Waals surface area contributed by atoms with Crippen LogP contribution in [-0.2, 0) is 0 Å². The number of nitrogens with one attached hydrogen (secondary N) is 1. The molecule has 0 aliphatic heterocycles. The van der Waals surface area contributed by atoms with E-state index in [1.807, 2.05) is 42.6 Å². The summed E-state index contributed by atoms with van der Waals surface area (Å²) in [6.07, 6.45) is 3.56. The van der Waals surface area contributed by atoms with E-state index in [1.54, 1.807) is 6.20 Å². The molecular weight excluding hydrogens is 234 g/mol. The van der Waals surface area contributed by atoms with Crippen LogP contribution in [0.3, 0.4) is 0 Å². The Morgan fingerprint density at radius 1 is 1.29 bits per heavy atom. The average molecular weight is 248 g/mol. The Balaban J connectivity index is 2.16. The summed E-state index contributed by atoms with van der Waals surface area (Å²) in [6.45, 7) is 0.498. The third-order valence-electron chi connectivity index (χ3n) is 2.49. The van der Waals surface area contributed by atoms with Crippen molar-refractivity contribution >= 4 is 17.3 Å². The van der Waals surface area contributed by atoms with Crippen LogP contribution in [0.25, 0.3) is 0 Å². The fourth-order valence-corrected chi connectivity index (χ4v) is 1.83. The van der Waals surface area contributed by atoms with Gasteiger partial charge in [0.05, 0.1) is 6.04 Å². The van der Waals surface area contributed by atoms with E-state index < -0.39 is 0 Å². The van der Waals surface area contributed by atoms with Crippen LogP contribution in [0.4, 0.5) is 5.69 Å². The second kappa shape index (κ2) is 5.66. The van der Waals surface area contributed by atoms with Crippen molar-refractivity contribution in [1.29, 1.82) is 0 Å². The fourth-order valence-electron chi connectivity index (χ4n) is 1.64. The van der Waals surface area contributed by atoms with Gasteiger partial charge in [-0.25, -0.2) is 0 Å². The smallest absolute Gasteiger partial charge is 0.0651 e. The van der Waals surface area contributed by atoms with E-state index in [-0.39, 0.29) is 6.04 Å². The van der Waals surface area contributed by atoms with Crippen LogP contribution in [0.1, 0.15) is 11.6 Å². The lowest BCUT2D eigenvalue weighted by Crippen LogP contribution is -2.20. The van der Waals surface area contributed by atoms with Crippen LogP contribution in [0.5, 0.6) is 0 Å². The Morgan fingerprint density at radius 3 is 2.82 bits per heavy atom. The summed E-state index contributed by atoms with van der Waals surface area (Å²) in [7, 11) is 0. The minimum Gasteiger partial charge on any atom is -0.377 e. The zero-order valence-corrected chi connectivity index (χ0v) is 10.1. The van der Waals surface area contributed by atoms with Gasteiger partial charge >= 0.3 is 0 Å². The molecule has 0 saturated carbocycles. The number of rotatable bonds is 4. The largest absolute Gasteiger partial charge is 0.377 e. The minimum atomic E-state index is 0.0437. The molecule has 3 nitrogen and oxygen atoms in total. The standard InChI is InChI=1S/C13H14ClN3/c14-11-4-1-5-12(7-11)17-13(8-15)10-3-2-6-16-9-10/h1-7,9,13,17H,8,15H2. The van der Waals surface area contributed by atoms with Crippen LogP contribution in [-0.4, -0.2) is 11.5 Å². The van der Waals surface area contributed by atoms with Crippen LogP contribution in [0, 0.1) is 0 Å². The van der Waals surface area contributed by atoms with Crippen molar-refractivity contribution < 1.29 is 0 Å². The molecular formula is C13H14ClN3. The number of hydrogen-bond donors (Lipinski definition) is 2. The Morgan fingerprint density at radius 2 is 2.18 bits per heavy atom. The van der Waals surface area contributed by atoms with Gasteiger partial charge in [-0.15, -0.1) is 0 Å². The monoisotopic (exact) mass is 247 g/mol. The molecule has 1 heterocycles. The quantitative estimate of drug-likeness (QED) is 0.874. The van der Waals surface area contributed by atoms with Crippen molar-refractivity contribution in [3.63, 3.8) is 0 Å². The molecule has 0 aliphatic carbocycles. The van der Waals surface area contributed by atoms with Crippen molar-refractivity contribution in [2.24, 2.45) is 5.73 Å². The number of anilines is 1. The first kappa shape index (κ1) is 11.9. The lowest BCUT2D eigenvalue weighted by atomic mass is 10.1. The number of aromatic nitrogens is 1. The Kier molecular flexibility index (Phi) is 3.96. The fraction of sp³-hybridized carbons (Fsp3) is 0.154. The zero-order valence-electron chi connectivity index (χ0n) is 9.31. The molecule has 0 bridgehead atoms. The Hall–Kier alpha value is -1.58. The third kappa shape index (κ3) is 3.19. The molecule has 0 aliphatic rings. The predicted octanol–water partition coefficient (Wildman–Crippen LogP) is 2.85. The molecule has 0 amide bonds. The summed E-state index contributed by atoms with van der Waals surface area (Å²) >= 11 is 5.93. The summed E-state index contributed by atoms with van der Waals surface area (Å²) in [5.74, 6) is 0. The number of hydrogen-bond acceptors (Lipinski definition) is 3. The lowest BCUT2D eigenvalue weighted by molar-refractivity contribution is 0.785. The third-order valence-corrected chi connectivity index (χ3v) is 2.72. The highest BCUT2D eigenvalue weighted by atomic mass is 35.5. The summed E-state index contributed by atoms with van der Waals surface area (Å²) in [6, 6.07) is 11.5. The first-order valence-electron chi connectivity index (χ1n) is 5.41. The van der Waals surface area contributed by atoms with E-state index in [0.717, 1.165) is 11.3 Å². The summed E-state index contributed by atoms with van der Waals surface area (Å²) in [4.78, 5) is 4.09. The number of benzene rings is 1. The van der Waals surface area contributed by atoms with E-state index >= 15 is 0 Å². The normalized spacial score (nSPS) is 12.1. The molecule has 1 aromatic heterocycles. The molecule has 0 saturated heterocycles. The van der Waals surface area contributed by atoms with Gasteiger partial charge in [0.15, 0.2) is 0 Å². The van der Waals surface area contributed by atoms with Crippen LogP contribution in [0.15, 0.2) is 48.8 Å². The second-order valence-electron chi connectivity index (χ2n) is 3.73. The molecule has 3 N–H and O–H groups in total. The predicted molar refractivity (Wildman–Crippen MR) is 71.1 cm³/mol. The van der Waals surface area contributed by atoms with E-state index in [4.69, 9.17) is 17.3 Å². The van der Waals surface area contributed by atoms with Gasteiger partial charge in [0.2, 0.25) is 0 Å². The van der Waals surface area contributed by atoms with Gasteiger partial charge in [0.25, 0.3) is 0 Å². The lowest BCUT2D eigenvalue weighted by Gasteiger charge is -2.18. The van der Waals surface area contributed by atoms with Gasteiger partial charge in [-0.3, -0.25) is 4.98 Å². The Bertz CT molecular complexity index is 473. The van der Waals surface area contributed by atoms with Gasteiger partial charge in [-0.1, -0.05) is 23.7 Å². The molecule has 0 spiro atoms. The van der Waals surface area contributed by atoms with E-state index in [2.05, 4.69) is 10.3 Å². The molecule has 4 heteroatoms. The molecule has 2 aromatic rings. The summed E-state index contributed by atoms with van der Waals surface area (Å²) < 4.78 is 0. The first-order chi connectivity index (χ1) is 8.29. The SMILES string of the molecule is NCC(Nc1cccc(Cl)c1)c1cccnc1. The van der Waals surface area contributed by atoms with E-state index in [1.165, 1.54) is 0 Å². The number of pyridine rings is 1. The highest BCUT2D eigenvalue weighted by Gasteiger charge is 2.09. The maximum atomic E-state index is 5.93. The number of nitrogens with two attached hydrogens (primary N) is 1. The Labute approximate surface area is 106 Å². The summed E-state index contributed by atoms with van der Waals surface area (Å²) in [5, 5.41) is 4.04. The van der Waals surface area contributed by atoms with Gasteiger partial charge in [-0.2, -0.15) is 0 Å². The molecule has 1 unspecified atom stereocenters. The average Bonchev–Trinajstić information content (AvgIpc) is 2.37. The zero-order chi connectivity index (χ0) is 12.1.